The topological polar surface area (TPSA) is 72.5 Å². The Bertz CT molecular complexity index is 583. The van der Waals surface area contributed by atoms with E-state index < -0.39 is 0 Å². The first-order valence-electron chi connectivity index (χ1n) is 7.28. The number of nitrogens with two attached hydrogens (primary N) is 1. The van der Waals surface area contributed by atoms with Crippen LogP contribution in [0, 0.1) is 0 Å². The Labute approximate surface area is 135 Å². The number of aromatic nitrogens is 1. The first kappa shape index (κ1) is 16.5. The lowest BCUT2D eigenvalue weighted by Gasteiger charge is -2.03. The quantitative estimate of drug-likeness (QED) is 0.443. The lowest BCUT2D eigenvalue weighted by atomic mass is 10.1. The minimum atomic E-state index is 0.427. The van der Waals surface area contributed by atoms with Crippen LogP contribution in [0.3, 0.4) is 0 Å². The number of benzene rings is 1. The van der Waals surface area contributed by atoms with Crippen molar-refractivity contribution in [3.63, 3.8) is 0 Å². The minimum absolute atomic E-state index is 0.427. The Morgan fingerprint density at radius 1 is 1.32 bits per heavy atom. The van der Waals surface area contributed by atoms with Crippen LogP contribution in [0.15, 0.2) is 40.7 Å². The van der Waals surface area contributed by atoms with Crippen molar-refractivity contribution in [2.75, 3.05) is 20.3 Å². The smallest absolute Gasteiger partial charge is 0.189 e. The molecule has 1 aromatic heterocycles. The van der Waals surface area contributed by atoms with Gasteiger partial charge in [-0.25, -0.2) is 9.98 Å². The van der Waals surface area contributed by atoms with Crippen LogP contribution in [0.4, 0.5) is 0 Å². The van der Waals surface area contributed by atoms with Crippen molar-refractivity contribution in [2.24, 2.45) is 10.7 Å². The number of methoxy groups -OCH3 is 1. The second kappa shape index (κ2) is 9.17. The Morgan fingerprint density at radius 3 is 2.91 bits per heavy atom. The molecule has 0 saturated carbocycles. The molecular weight excluding hydrogens is 296 g/mol. The number of ether oxygens (including phenoxy) is 1. The zero-order chi connectivity index (χ0) is 15.6. The van der Waals surface area contributed by atoms with Gasteiger partial charge in [0, 0.05) is 25.5 Å². The largest absolute Gasteiger partial charge is 0.383 e. The molecule has 0 fully saturated rings. The zero-order valence-electron chi connectivity index (χ0n) is 12.8. The molecule has 0 aliphatic carbocycles. The van der Waals surface area contributed by atoms with E-state index in [9.17, 15) is 0 Å². The Hall–Kier alpha value is -1.92. The van der Waals surface area contributed by atoms with E-state index in [4.69, 9.17) is 10.5 Å². The summed E-state index contributed by atoms with van der Waals surface area (Å²) in [5.74, 6) is 0.427. The van der Waals surface area contributed by atoms with E-state index in [-0.39, 0.29) is 0 Å². The van der Waals surface area contributed by atoms with E-state index in [0.717, 1.165) is 23.5 Å². The van der Waals surface area contributed by atoms with E-state index in [1.165, 1.54) is 5.56 Å². The number of hydrogen-bond acceptors (Lipinski definition) is 4. The molecule has 118 valence electrons. The first-order chi connectivity index (χ1) is 10.8. The summed E-state index contributed by atoms with van der Waals surface area (Å²) in [7, 11) is 1.65. The number of aryl methyl sites for hydroxylation is 2. The van der Waals surface area contributed by atoms with Gasteiger partial charge in [-0.15, -0.1) is 11.3 Å². The highest BCUT2D eigenvalue weighted by molar-refractivity contribution is 7.09. The van der Waals surface area contributed by atoms with E-state index in [2.05, 4.69) is 39.6 Å². The summed E-state index contributed by atoms with van der Waals surface area (Å²) < 4.78 is 4.94. The summed E-state index contributed by atoms with van der Waals surface area (Å²) in [4.78, 5) is 8.87. The number of rotatable bonds is 8. The number of nitrogens with one attached hydrogen (secondary N) is 1. The molecule has 3 N–H and O–H groups in total. The molecular formula is C16H22N4OS. The minimum Gasteiger partial charge on any atom is -0.383 e. The molecule has 0 spiro atoms. The summed E-state index contributed by atoms with van der Waals surface area (Å²) in [5, 5.41) is 6.17. The SMILES string of the molecule is COCCNC(N)=NCc1csc(CCc2ccccc2)n1. The van der Waals surface area contributed by atoms with Crippen LogP contribution in [-0.2, 0) is 24.1 Å². The molecule has 1 heterocycles. The van der Waals surface area contributed by atoms with Crippen LogP contribution in [-0.4, -0.2) is 31.2 Å². The van der Waals surface area contributed by atoms with Gasteiger partial charge in [-0.3, -0.25) is 0 Å². The van der Waals surface area contributed by atoms with Crippen molar-refractivity contribution in [1.82, 2.24) is 10.3 Å². The highest BCUT2D eigenvalue weighted by atomic mass is 32.1. The normalized spacial score (nSPS) is 11.6. The lowest BCUT2D eigenvalue weighted by Crippen LogP contribution is -2.34. The van der Waals surface area contributed by atoms with Crippen molar-refractivity contribution >= 4 is 17.3 Å². The molecule has 0 amide bonds. The fraction of sp³-hybridized carbons (Fsp3) is 0.375. The third-order valence-electron chi connectivity index (χ3n) is 3.09. The predicted octanol–water partition coefficient (Wildman–Crippen LogP) is 1.98. The van der Waals surface area contributed by atoms with Gasteiger partial charge in [0.1, 0.15) is 0 Å². The number of guanidine groups is 1. The third-order valence-corrected chi connectivity index (χ3v) is 4.05. The average molecular weight is 318 g/mol. The van der Waals surface area contributed by atoms with E-state index in [1.54, 1.807) is 18.4 Å². The molecule has 0 aliphatic heterocycles. The molecule has 1 aromatic carbocycles. The van der Waals surface area contributed by atoms with Crippen molar-refractivity contribution in [2.45, 2.75) is 19.4 Å². The van der Waals surface area contributed by atoms with Crippen LogP contribution >= 0.6 is 11.3 Å². The number of nitrogens with zero attached hydrogens (tertiary/aromatic N) is 2. The predicted molar refractivity (Wildman–Crippen MR) is 91.2 cm³/mol. The molecule has 0 aliphatic rings. The van der Waals surface area contributed by atoms with E-state index in [1.807, 2.05) is 11.4 Å². The van der Waals surface area contributed by atoms with Gasteiger partial charge in [-0.1, -0.05) is 30.3 Å². The molecule has 6 heteroatoms. The molecule has 0 saturated heterocycles. The Balaban J connectivity index is 1.77. The molecule has 0 radical (unpaired) electrons. The maximum absolute atomic E-state index is 5.76. The van der Waals surface area contributed by atoms with Crippen LogP contribution in [0.1, 0.15) is 16.3 Å². The van der Waals surface area contributed by atoms with E-state index >= 15 is 0 Å². The second-order valence-corrected chi connectivity index (χ2v) is 5.78. The number of thiazole rings is 1. The number of hydrogen-bond donors (Lipinski definition) is 2. The van der Waals surface area contributed by atoms with Crippen LogP contribution in [0.25, 0.3) is 0 Å². The maximum atomic E-state index is 5.76. The first-order valence-corrected chi connectivity index (χ1v) is 8.16. The van der Waals surface area contributed by atoms with Gasteiger partial charge in [0.05, 0.1) is 23.9 Å². The van der Waals surface area contributed by atoms with Gasteiger partial charge in [0.25, 0.3) is 0 Å². The zero-order valence-corrected chi connectivity index (χ0v) is 13.6. The van der Waals surface area contributed by atoms with Crippen LogP contribution < -0.4 is 11.1 Å². The van der Waals surface area contributed by atoms with Gasteiger partial charge in [-0.2, -0.15) is 0 Å². The lowest BCUT2D eigenvalue weighted by molar-refractivity contribution is 0.204. The average Bonchev–Trinajstić information content (AvgIpc) is 3.00. The summed E-state index contributed by atoms with van der Waals surface area (Å²) in [5.41, 5.74) is 8.06. The van der Waals surface area contributed by atoms with Crippen molar-refractivity contribution in [3.8, 4) is 0 Å². The van der Waals surface area contributed by atoms with Gasteiger partial charge in [-0.05, 0) is 12.0 Å². The van der Waals surface area contributed by atoms with E-state index in [0.29, 0.717) is 25.7 Å². The highest BCUT2D eigenvalue weighted by Gasteiger charge is 2.02. The Kier molecular flexibility index (Phi) is 6.86. The summed E-state index contributed by atoms with van der Waals surface area (Å²) in [6.07, 6.45) is 1.97. The molecule has 2 aromatic rings. The standard InChI is InChI=1S/C16H22N4OS/c1-21-10-9-18-16(17)19-11-14-12-22-15(20-14)8-7-13-5-3-2-4-6-13/h2-6,12H,7-11H2,1H3,(H3,17,18,19). The van der Waals surface area contributed by atoms with Crippen LogP contribution in [0.5, 0.6) is 0 Å². The van der Waals surface area contributed by atoms with Crippen molar-refractivity contribution in [3.05, 3.63) is 52.0 Å². The van der Waals surface area contributed by atoms with Gasteiger partial charge in [0.2, 0.25) is 0 Å². The van der Waals surface area contributed by atoms with Gasteiger partial charge < -0.3 is 15.8 Å². The molecule has 0 unspecified atom stereocenters. The fourth-order valence-corrected chi connectivity index (χ4v) is 2.72. The maximum Gasteiger partial charge on any atom is 0.189 e. The molecule has 0 atom stereocenters. The highest BCUT2D eigenvalue weighted by Crippen LogP contribution is 2.13. The summed E-state index contributed by atoms with van der Waals surface area (Å²) >= 11 is 1.68. The van der Waals surface area contributed by atoms with Gasteiger partial charge >= 0.3 is 0 Å². The third kappa shape index (κ3) is 5.83. The monoisotopic (exact) mass is 318 g/mol. The summed E-state index contributed by atoms with van der Waals surface area (Å²) in [6.45, 7) is 1.77. The second-order valence-electron chi connectivity index (χ2n) is 4.84. The van der Waals surface area contributed by atoms with Gasteiger partial charge in [0.15, 0.2) is 5.96 Å². The molecule has 5 nitrogen and oxygen atoms in total. The van der Waals surface area contributed by atoms with Crippen molar-refractivity contribution < 1.29 is 4.74 Å². The number of aliphatic imine (C=N–C) groups is 1. The Morgan fingerprint density at radius 2 is 2.14 bits per heavy atom. The molecule has 2 rings (SSSR count). The van der Waals surface area contributed by atoms with Crippen molar-refractivity contribution in [1.29, 1.82) is 0 Å². The molecule has 0 bridgehead atoms. The summed E-state index contributed by atoms with van der Waals surface area (Å²) in [6, 6.07) is 10.5. The fourth-order valence-electron chi connectivity index (χ4n) is 1.94. The molecule has 22 heavy (non-hydrogen) atoms. The van der Waals surface area contributed by atoms with Crippen LogP contribution in [0.2, 0.25) is 0 Å².